The van der Waals surface area contributed by atoms with Gasteiger partial charge in [-0.1, -0.05) is 0 Å². The molecule has 0 spiro atoms. The summed E-state index contributed by atoms with van der Waals surface area (Å²) in [6.07, 6.45) is 0. The Morgan fingerprint density at radius 2 is 0.615 bits per heavy atom. The van der Waals surface area contributed by atoms with Crippen LogP contribution in [-0.2, 0) is 9.13 Å². The topological polar surface area (TPSA) is 269 Å². The van der Waals surface area contributed by atoms with Gasteiger partial charge in [0.15, 0.2) is 0 Å². The summed E-state index contributed by atoms with van der Waals surface area (Å²) in [7, 11) is -2.17. The average molecular weight is 258 g/mol. The summed E-state index contributed by atoms with van der Waals surface area (Å²) in [5.41, 5.74) is 0. The molecule has 0 rings (SSSR count). The average Bonchev–Trinajstić information content (AvgIpc) is 1.39. The Labute approximate surface area is 92.5 Å². The van der Waals surface area contributed by atoms with Crippen molar-refractivity contribution in [3.05, 3.63) is 0 Å². The molecule has 0 unspecified atom stereocenters. The van der Waals surface area contributed by atoms with E-state index in [9.17, 15) is 0 Å². The van der Waals surface area contributed by atoms with Crippen molar-refractivity contribution in [1.29, 1.82) is 0 Å². The van der Waals surface area contributed by atoms with Gasteiger partial charge in [0.1, 0.15) is 0 Å². The molecule has 0 heterocycles. The zero-order valence-electron chi connectivity index (χ0n) is 6.23. The van der Waals surface area contributed by atoms with E-state index < -0.39 is 17.4 Å². The van der Waals surface area contributed by atoms with E-state index in [0.29, 0.717) is 0 Å². The minimum Gasteiger partial charge on any atom is -0.772 e. The number of hydrogen-bond donors (Lipinski definition) is 0. The van der Waals surface area contributed by atoms with Gasteiger partial charge in [-0.2, -0.15) is 0 Å². The van der Waals surface area contributed by atoms with Gasteiger partial charge < -0.3 is 42.6 Å². The number of rotatable bonds is 0. The zero-order chi connectivity index (χ0) is 5.41. The predicted octanol–water partition coefficient (Wildman–Crippen LogP) is -6.22. The van der Waals surface area contributed by atoms with Crippen molar-refractivity contribution in [1.82, 2.24) is 0 Å². The van der Waals surface area contributed by atoms with Gasteiger partial charge in [-0.05, 0) is 0 Å². The molecule has 0 saturated carbocycles. The standard InChI is InChI=1S/Mg.2HO2P.6H2O/c;2*1-3-2;;;;;;/h;2*(H,1,2);6*1H2/q+2;;;;;;;;/p-2. The summed E-state index contributed by atoms with van der Waals surface area (Å²) in [4.78, 5) is 16.7. The van der Waals surface area contributed by atoms with Crippen molar-refractivity contribution >= 4 is 40.4 Å². The fourth-order valence-electron chi connectivity index (χ4n) is 0. The molecule has 0 atom stereocenters. The van der Waals surface area contributed by atoms with Gasteiger partial charge in [0.2, 0.25) is 0 Å². The van der Waals surface area contributed by atoms with Gasteiger partial charge in [-0.25, -0.2) is 0 Å². The van der Waals surface area contributed by atoms with Crippen LogP contribution in [0.5, 0.6) is 0 Å². The quantitative estimate of drug-likeness (QED) is 0.302. The van der Waals surface area contributed by atoms with Crippen LogP contribution in [0.2, 0.25) is 0 Å². The third-order valence-corrected chi connectivity index (χ3v) is 0. The minimum atomic E-state index is -1.08. The minimum absolute atomic E-state index is 0. The van der Waals surface area contributed by atoms with E-state index >= 15 is 0 Å². The van der Waals surface area contributed by atoms with Gasteiger partial charge in [0, 0.05) is 0 Å². The largest absolute Gasteiger partial charge is 2.00 e. The Bertz CT molecular complexity index is 33.9. The van der Waals surface area contributed by atoms with Crippen molar-refractivity contribution < 1.29 is 51.8 Å². The molecule has 10 nitrogen and oxygen atoms in total. The van der Waals surface area contributed by atoms with E-state index in [4.69, 9.17) is 18.9 Å². The molecule has 84 valence electrons. The van der Waals surface area contributed by atoms with Crippen LogP contribution in [0.3, 0.4) is 0 Å². The van der Waals surface area contributed by atoms with Crippen molar-refractivity contribution in [2.75, 3.05) is 0 Å². The second-order valence-electron chi connectivity index (χ2n) is 0.149. The van der Waals surface area contributed by atoms with Crippen molar-refractivity contribution in [2.45, 2.75) is 0 Å². The molecule has 0 aromatic rings. The Hall–Kier alpha value is 0.646. The van der Waals surface area contributed by atoms with Crippen LogP contribution < -0.4 is 9.79 Å². The first-order valence-electron chi connectivity index (χ1n) is 0.730. The van der Waals surface area contributed by atoms with Crippen LogP contribution in [0.15, 0.2) is 0 Å². The van der Waals surface area contributed by atoms with E-state index in [0.717, 1.165) is 0 Å². The Kier molecular flexibility index (Phi) is 1900. The van der Waals surface area contributed by atoms with Crippen molar-refractivity contribution in [2.24, 2.45) is 0 Å². The Morgan fingerprint density at radius 3 is 0.615 bits per heavy atom. The molecule has 12 N–H and O–H groups in total. The van der Waals surface area contributed by atoms with Crippen LogP contribution in [0, 0.1) is 0 Å². The smallest absolute Gasteiger partial charge is 0.772 e. The molecule has 0 aliphatic rings. The SMILES string of the molecule is O.O.O.O.O.O.O=P[O-].O=P[O-].[Mg+2]. The van der Waals surface area contributed by atoms with Crippen molar-refractivity contribution in [3.63, 3.8) is 0 Å². The first-order valence-corrected chi connectivity index (χ1v) is 2.19. The van der Waals surface area contributed by atoms with E-state index in [1.165, 1.54) is 0 Å². The summed E-state index contributed by atoms with van der Waals surface area (Å²) in [5, 5.41) is 0. The molecule has 13 heteroatoms. The van der Waals surface area contributed by atoms with Crippen LogP contribution in [0.25, 0.3) is 0 Å². The molecule has 0 radical (unpaired) electrons. The molecule has 0 amide bonds. The van der Waals surface area contributed by atoms with Gasteiger partial charge >= 0.3 is 23.1 Å². The molecular formula is H12MgO10P2. The van der Waals surface area contributed by atoms with E-state index in [2.05, 4.69) is 0 Å². The second kappa shape index (κ2) is 245. The fourth-order valence-corrected chi connectivity index (χ4v) is 0. The monoisotopic (exact) mass is 258 g/mol. The Balaban J connectivity index is -0.00000000229. The van der Waals surface area contributed by atoms with Gasteiger partial charge in [-0.3, -0.25) is 9.13 Å². The van der Waals surface area contributed by atoms with Crippen molar-refractivity contribution in [3.8, 4) is 0 Å². The zero-order valence-corrected chi connectivity index (χ0v) is 9.44. The summed E-state index contributed by atoms with van der Waals surface area (Å²) >= 11 is 0. The van der Waals surface area contributed by atoms with Gasteiger partial charge in [-0.15, -0.1) is 0 Å². The van der Waals surface area contributed by atoms with Crippen LogP contribution in [-0.4, -0.2) is 55.9 Å². The van der Waals surface area contributed by atoms with E-state index in [-0.39, 0.29) is 55.9 Å². The summed E-state index contributed by atoms with van der Waals surface area (Å²) in [6.45, 7) is 0. The molecule has 0 aromatic heterocycles. The molecule has 0 aromatic carbocycles. The third-order valence-electron chi connectivity index (χ3n) is 0. The van der Waals surface area contributed by atoms with Gasteiger partial charge in [0.05, 0.1) is 17.4 Å². The molecule has 0 aliphatic carbocycles. The molecule has 0 saturated heterocycles. The van der Waals surface area contributed by atoms with E-state index in [1.54, 1.807) is 0 Å². The van der Waals surface area contributed by atoms with Gasteiger partial charge in [0.25, 0.3) is 0 Å². The first kappa shape index (κ1) is 101. The molecule has 0 fully saturated rings. The van der Waals surface area contributed by atoms with Crippen LogP contribution in [0.4, 0.5) is 0 Å². The Morgan fingerprint density at radius 1 is 0.615 bits per heavy atom. The second-order valence-corrected chi connectivity index (χ2v) is 0.447. The van der Waals surface area contributed by atoms with Crippen LogP contribution >= 0.6 is 17.4 Å². The van der Waals surface area contributed by atoms with E-state index in [1.807, 2.05) is 0 Å². The maximum Gasteiger partial charge on any atom is 2.00 e. The predicted molar refractivity (Wildman–Crippen MR) is 42.6 cm³/mol. The molecule has 0 bridgehead atoms. The maximum absolute atomic E-state index is 8.35. The number of hydrogen-bond acceptors (Lipinski definition) is 4. The normalized spacial score (nSPS) is 3.23. The van der Waals surface area contributed by atoms with Crippen LogP contribution in [0.1, 0.15) is 0 Å². The summed E-state index contributed by atoms with van der Waals surface area (Å²) in [5.74, 6) is 0. The molecule has 0 aliphatic heterocycles. The maximum atomic E-state index is 8.35. The summed E-state index contributed by atoms with van der Waals surface area (Å²) in [6, 6.07) is 0. The third kappa shape index (κ3) is 3430. The molecule has 13 heavy (non-hydrogen) atoms. The molecular weight excluding hydrogens is 246 g/mol. The summed E-state index contributed by atoms with van der Waals surface area (Å²) < 4.78 is 16.7. The fraction of sp³-hybridized carbons (Fsp3) is 0. The first-order chi connectivity index (χ1) is 2.83.